The lowest BCUT2D eigenvalue weighted by atomic mass is 10.3. The smallest absolute Gasteiger partial charge is 0.126 e. The van der Waals surface area contributed by atoms with Gasteiger partial charge in [0.05, 0.1) is 28.4 Å². The molecule has 0 aliphatic carbocycles. The molecule has 0 atom stereocenters. The van der Waals surface area contributed by atoms with E-state index < -0.39 is 15.8 Å². The van der Waals surface area contributed by atoms with Gasteiger partial charge in [-0.1, -0.05) is 72.8 Å². The van der Waals surface area contributed by atoms with Gasteiger partial charge in [-0.3, -0.25) is 0 Å². The average Bonchev–Trinajstić information content (AvgIpc) is 2.97. The van der Waals surface area contributed by atoms with Crippen molar-refractivity contribution in [3.8, 4) is 23.0 Å². The number of rotatable bonds is 12. The van der Waals surface area contributed by atoms with E-state index in [2.05, 4.69) is 72.8 Å². The first kappa shape index (κ1) is 27.2. The Balaban J connectivity index is 1.70. The maximum Gasteiger partial charge on any atom is 0.126 e. The van der Waals surface area contributed by atoms with Crippen molar-refractivity contribution in [2.45, 2.75) is 0 Å². The molecule has 0 bridgehead atoms. The fourth-order valence-electron chi connectivity index (χ4n) is 4.28. The fourth-order valence-corrected chi connectivity index (χ4v) is 13.4. The minimum absolute atomic E-state index is 0.685. The molecular formula is C30H32O4P2Si. The lowest BCUT2D eigenvalue weighted by molar-refractivity contribution is 0.417. The third-order valence-corrected chi connectivity index (χ3v) is 14.2. The van der Waals surface area contributed by atoms with E-state index in [1.54, 1.807) is 28.4 Å². The molecule has 4 rings (SSSR count). The van der Waals surface area contributed by atoms with E-state index in [1.807, 2.05) is 24.3 Å². The molecule has 7 heteroatoms. The van der Waals surface area contributed by atoms with Gasteiger partial charge in [-0.2, -0.15) is 0 Å². The van der Waals surface area contributed by atoms with Crippen LogP contribution in [0.2, 0.25) is 0 Å². The number of methoxy groups -OCH3 is 4. The van der Waals surface area contributed by atoms with Crippen LogP contribution >= 0.6 is 15.8 Å². The summed E-state index contributed by atoms with van der Waals surface area (Å²) in [5.74, 6) is 5.81. The Morgan fingerprint density at radius 2 is 0.676 bits per heavy atom. The molecule has 0 saturated heterocycles. The molecule has 0 fully saturated rings. The Bertz CT molecular complexity index is 1110. The van der Waals surface area contributed by atoms with Gasteiger partial charge in [-0.05, 0) is 51.7 Å². The predicted octanol–water partition coefficient (Wildman–Crippen LogP) is 4.91. The molecule has 2 radical (unpaired) electrons. The first-order chi connectivity index (χ1) is 18.2. The predicted molar refractivity (Wildman–Crippen MR) is 160 cm³/mol. The van der Waals surface area contributed by atoms with Crippen LogP contribution in [0.5, 0.6) is 23.0 Å². The average molecular weight is 547 g/mol. The van der Waals surface area contributed by atoms with Gasteiger partial charge in [0.1, 0.15) is 23.0 Å². The van der Waals surface area contributed by atoms with Crippen LogP contribution in [0.15, 0.2) is 97.1 Å². The Labute approximate surface area is 225 Å². The highest BCUT2D eigenvalue weighted by Crippen LogP contribution is 2.43. The van der Waals surface area contributed by atoms with E-state index >= 15 is 0 Å². The number of benzene rings is 4. The Morgan fingerprint density at radius 3 is 0.919 bits per heavy atom. The quantitative estimate of drug-likeness (QED) is 0.187. The van der Waals surface area contributed by atoms with Crippen molar-refractivity contribution < 1.29 is 18.9 Å². The summed E-state index contributed by atoms with van der Waals surface area (Å²) in [6, 6.07) is 33.5. The van der Waals surface area contributed by atoms with Gasteiger partial charge in [-0.25, -0.2) is 0 Å². The van der Waals surface area contributed by atoms with Crippen molar-refractivity contribution in [2.24, 2.45) is 0 Å². The van der Waals surface area contributed by atoms with Crippen molar-refractivity contribution in [3.63, 3.8) is 0 Å². The molecule has 0 aliphatic heterocycles. The van der Waals surface area contributed by atoms with Crippen LogP contribution in [0, 0.1) is 0 Å². The maximum absolute atomic E-state index is 5.80. The van der Waals surface area contributed by atoms with Crippen LogP contribution in [0.4, 0.5) is 0 Å². The molecule has 0 amide bonds. The SMILES string of the molecule is COc1ccccc1P(C[Si]CP(c1ccccc1OC)c1ccccc1OC)c1ccccc1OC. The molecule has 0 spiro atoms. The van der Waals surface area contributed by atoms with Crippen LogP contribution < -0.4 is 40.2 Å². The summed E-state index contributed by atoms with van der Waals surface area (Å²) in [5, 5.41) is 4.98. The normalized spacial score (nSPS) is 11.0. The summed E-state index contributed by atoms with van der Waals surface area (Å²) in [5.41, 5.74) is 0. The van der Waals surface area contributed by atoms with E-state index in [4.69, 9.17) is 18.9 Å². The van der Waals surface area contributed by atoms with Crippen molar-refractivity contribution in [1.82, 2.24) is 0 Å². The second-order valence-corrected chi connectivity index (χ2v) is 14.8. The molecular weight excluding hydrogens is 514 g/mol. The summed E-state index contributed by atoms with van der Waals surface area (Å²) >= 11 is 0. The summed E-state index contributed by atoms with van der Waals surface area (Å²) in [4.78, 5) is 0. The Kier molecular flexibility index (Phi) is 10.0. The molecule has 0 N–H and O–H groups in total. The highest BCUT2D eigenvalue weighted by molar-refractivity contribution is 7.77. The molecule has 0 saturated carbocycles. The Hall–Kier alpha value is -2.84. The highest BCUT2D eigenvalue weighted by atomic mass is 31.1. The number of para-hydroxylation sites is 4. The lowest BCUT2D eigenvalue weighted by Crippen LogP contribution is -2.24. The van der Waals surface area contributed by atoms with Crippen molar-refractivity contribution >= 4 is 46.6 Å². The molecule has 4 aromatic carbocycles. The number of ether oxygens (including phenoxy) is 4. The maximum atomic E-state index is 5.80. The van der Waals surface area contributed by atoms with Crippen molar-refractivity contribution in [3.05, 3.63) is 97.1 Å². The first-order valence-corrected chi connectivity index (χ1v) is 16.5. The Morgan fingerprint density at radius 1 is 0.432 bits per heavy atom. The van der Waals surface area contributed by atoms with Gasteiger partial charge in [-0.15, -0.1) is 0 Å². The molecule has 190 valence electrons. The zero-order valence-electron chi connectivity index (χ0n) is 21.7. The molecule has 4 nitrogen and oxygen atoms in total. The number of hydrogen-bond donors (Lipinski definition) is 0. The van der Waals surface area contributed by atoms with Gasteiger partial charge >= 0.3 is 0 Å². The van der Waals surface area contributed by atoms with Gasteiger partial charge in [0.2, 0.25) is 0 Å². The van der Waals surface area contributed by atoms with Gasteiger partial charge < -0.3 is 18.9 Å². The van der Waals surface area contributed by atoms with Crippen LogP contribution in [-0.4, -0.2) is 49.5 Å². The van der Waals surface area contributed by atoms with Crippen LogP contribution in [0.3, 0.4) is 0 Å². The molecule has 0 aromatic heterocycles. The van der Waals surface area contributed by atoms with Crippen LogP contribution in [0.25, 0.3) is 0 Å². The molecule has 4 aromatic rings. The minimum Gasteiger partial charge on any atom is -0.496 e. The van der Waals surface area contributed by atoms with E-state index in [-0.39, 0.29) is 0 Å². The topological polar surface area (TPSA) is 36.9 Å². The van der Waals surface area contributed by atoms with E-state index in [1.165, 1.54) is 21.2 Å². The largest absolute Gasteiger partial charge is 0.496 e. The summed E-state index contributed by atoms with van der Waals surface area (Å²) < 4.78 is 23.2. The standard InChI is InChI=1S/C30H32O4P2Si/c1-31-23-13-5-9-17-27(23)35(28-18-10-6-14-24(28)32-2)21-37-22-36(29-19-11-7-15-25(29)33-3)30-20-12-8-16-26(30)34-4/h5-20H,21-22H2,1-4H3. The van der Waals surface area contributed by atoms with Crippen molar-refractivity contribution in [1.29, 1.82) is 0 Å². The zero-order valence-corrected chi connectivity index (χ0v) is 24.5. The van der Waals surface area contributed by atoms with Crippen LogP contribution in [0.1, 0.15) is 0 Å². The molecule has 37 heavy (non-hydrogen) atoms. The van der Waals surface area contributed by atoms with Crippen molar-refractivity contribution in [2.75, 3.05) is 40.0 Å². The summed E-state index contributed by atoms with van der Waals surface area (Å²) in [6.45, 7) is 0. The van der Waals surface area contributed by atoms with E-state index in [0.717, 1.165) is 44.1 Å². The third-order valence-electron chi connectivity index (χ3n) is 6.04. The zero-order chi connectivity index (χ0) is 26.0. The fraction of sp³-hybridized carbons (Fsp3) is 0.200. The summed E-state index contributed by atoms with van der Waals surface area (Å²) in [7, 11) is 6.35. The van der Waals surface area contributed by atoms with E-state index in [0.29, 0.717) is 0 Å². The van der Waals surface area contributed by atoms with Crippen LogP contribution in [-0.2, 0) is 0 Å². The van der Waals surface area contributed by atoms with E-state index in [9.17, 15) is 0 Å². The summed E-state index contributed by atoms with van der Waals surface area (Å²) in [6.07, 6.45) is 0. The monoisotopic (exact) mass is 546 g/mol. The minimum atomic E-state index is -0.685. The third kappa shape index (κ3) is 6.36. The lowest BCUT2D eigenvalue weighted by Gasteiger charge is -2.25. The molecule has 0 aliphatic rings. The van der Waals surface area contributed by atoms with Gasteiger partial charge in [0.15, 0.2) is 0 Å². The highest BCUT2D eigenvalue weighted by Gasteiger charge is 2.25. The second-order valence-electron chi connectivity index (χ2n) is 8.11. The molecule has 0 heterocycles. The van der Waals surface area contributed by atoms with Gasteiger partial charge in [0.25, 0.3) is 0 Å². The second kappa shape index (κ2) is 13.6. The first-order valence-electron chi connectivity index (χ1n) is 12.0. The molecule has 0 unspecified atom stereocenters. The number of hydrogen-bond acceptors (Lipinski definition) is 4. The van der Waals surface area contributed by atoms with Gasteiger partial charge in [0, 0.05) is 30.7 Å².